The average molecular weight is 829 g/mol. The highest BCUT2D eigenvalue weighted by Crippen LogP contribution is 2.34. The van der Waals surface area contributed by atoms with Crippen LogP contribution < -0.4 is 25.2 Å². The molecule has 0 spiro atoms. The van der Waals surface area contributed by atoms with Crippen LogP contribution >= 0.6 is 0 Å². The fraction of sp³-hybridized carbons (Fsp3) is 0.432. The van der Waals surface area contributed by atoms with Crippen LogP contribution in [0, 0.1) is 23.1 Å². The van der Waals surface area contributed by atoms with Gasteiger partial charge in [-0.05, 0) is 87.3 Å². The van der Waals surface area contributed by atoms with E-state index < -0.39 is 35.5 Å². The maximum atomic E-state index is 15.4. The summed E-state index contributed by atoms with van der Waals surface area (Å²) in [6, 6.07) is 10.9. The third kappa shape index (κ3) is 8.07. The molecule has 4 aliphatic heterocycles. The molecule has 2 aromatic heterocycles. The van der Waals surface area contributed by atoms with Gasteiger partial charge in [0.2, 0.25) is 17.8 Å². The van der Waals surface area contributed by atoms with Crippen molar-refractivity contribution in [3.05, 3.63) is 83.1 Å². The molecule has 3 saturated heterocycles. The molecular formula is C44H45FN10O6. The van der Waals surface area contributed by atoms with Crippen molar-refractivity contribution < 1.29 is 33.1 Å². The number of imide groups is 2. The van der Waals surface area contributed by atoms with Crippen molar-refractivity contribution in [3.8, 4) is 11.8 Å². The number of hydrogen-bond acceptors (Lipinski definition) is 13. The zero-order valence-corrected chi connectivity index (χ0v) is 33.5. The normalized spacial score (nSPS) is 22.6. The fourth-order valence-electron chi connectivity index (χ4n) is 9.29. The zero-order valence-electron chi connectivity index (χ0n) is 33.5. The number of nitrogens with zero attached hydrogens (tertiary/aromatic N) is 8. The van der Waals surface area contributed by atoms with E-state index in [9.17, 15) is 29.2 Å². The summed E-state index contributed by atoms with van der Waals surface area (Å²) < 4.78 is 21.8. The van der Waals surface area contributed by atoms with Crippen LogP contribution in [0.1, 0.15) is 88.0 Å². The summed E-state index contributed by atoms with van der Waals surface area (Å²) in [4.78, 5) is 84.3. The number of anilines is 2. The van der Waals surface area contributed by atoms with E-state index in [-0.39, 0.29) is 47.7 Å². The lowest BCUT2D eigenvalue weighted by atomic mass is 9.92. The monoisotopic (exact) mass is 828 g/mol. The van der Waals surface area contributed by atoms with E-state index in [0.29, 0.717) is 60.4 Å². The molecule has 1 saturated carbocycles. The molecule has 2 N–H and O–H groups in total. The molecule has 0 bridgehead atoms. The Labute approximate surface area is 351 Å². The van der Waals surface area contributed by atoms with E-state index >= 15 is 4.39 Å². The van der Waals surface area contributed by atoms with Gasteiger partial charge < -0.3 is 19.9 Å². The highest BCUT2D eigenvalue weighted by Gasteiger charge is 2.45. The molecular weight excluding hydrogens is 784 g/mol. The van der Waals surface area contributed by atoms with Gasteiger partial charge >= 0.3 is 0 Å². The zero-order chi connectivity index (χ0) is 42.2. The van der Waals surface area contributed by atoms with E-state index in [0.717, 1.165) is 74.5 Å². The van der Waals surface area contributed by atoms with Crippen molar-refractivity contribution in [1.82, 2.24) is 35.4 Å². The molecule has 4 fully saturated rings. The number of fused-ring (bicyclic) bond motifs is 2. The number of benzene rings is 2. The number of nitrogens with one attached hydrogen (secondary N) is 2. The van der Waals surface area contributed by atoms with Crippen LogP contribution in [0.15, 0.2) is 55.0 Å². The van der Waals surface area contributed by atoms with Crippen molar-refractivity contribution in [2.45, 2.75) is 69.6 Å². The number of aromatic nitrogens is 3. The van der Waals surface area contributed by atoms with Crippen LogP contribution in [0.5, 0.6) is 5.75 Å². The first-order chi connectivity index (χ1) is 29.6. The third-order valence-corrected chi connectivity index (χ3v) is 12.7. The van der Waals surface area contributed by atoms with Crippen LogP contribution in [-0.2, 0) is 9.59 Å². The molecule has 9 rings (SSSR count). The Balaban J connectivity index is 0.709. The lowest BCUT2D eigenvalue weighted by Gasteiger charge is -2.39. The largest absolute Gasteiger partial charge is 0.490 e. The standard InChI is InChI=1S/C44H45FN10O6/c45-34-20-32-33(43(60)55(42(32)59)35-8-10-38(56)51-41(35)58)21-36(34)53-18-16-52(17-19-53)25-26-11-14-54(15-12-26)44-48-23-28(24-49-44)40(57)50-29-4-6-30(7-5-29)61-37-9-3-27(22-46)39-31(37)2-1-13-47-39/h1-3,9,13,20-21,23-24,26,29-30,35H,4-8,10-12,14-19,25H2,(H,50,57)(H,51,56,58). The number of hydrogen-bond donors (Lipinski definition) is 2. The van der Waals surface area contributed by atoms with Crippen LogP contribution in [0.25, 0.3) is 10.9 Å². The second kappa shape index (κ2) is 16.8. The Morgan fingerprint density at radius 2 is 1.59 bits per heavy atom. The first-order valence-electron chi connectivity index (χ1n) is 21.0. The molecule has 314 valence electrons. The minimum atomic E-state index is -1.10. The molecule has 61 heavy (non-hydrogen) atoms. The number of ether oxygens (including phenoxy) is 1. The fourth-order valence-corrected chi connectivity index (χ4v) is 9.29. The number of nitriles is 1. The molecule has 1 unspecified atom stereocenters. The second-order valence-electron chi connectivity index (χ2n) is 16.5. The quantitative estimate of drug-likeness (QED) is 0.233. The van der Waals surface area contributed by atoms with Gasteiger partial charge in [-0.15, -0.1) is 0 Å². The van der Waals surface area contributed by atoms with Gasteiger partial charge in [-0.1, -0.05) is 0 Å². The second-order valence-corrected chi connectivity index (χ2v) is 16.5. The SMILES string of the molecule is N#Cc1ccc(OC2CCC(NC(=O)c3cnc(N4CCC(CN5CCN(c6cc7c(cc6F)C(=O)N(C6CCC(=O)NC6=O)C7=O)CC5)CC4)nc3)CC2)c2cccnc12. The summed E-state index contributed by atoms with van der Waals surface area (Å²) in [7, 11) is 0. The van der Waals surface area contributed by atoms with E-state index in [1.54, 1.807) is 24.7 Å². The number of pyridine rings is 1. The van der Waals surface area contributed by atoms with Crippen LogP contribution in [0.2, 0.25) is 0 Å². The topological polar surface area (TPSA) is 194 Å². The number of rotatable bonds is 9. The van der Waals surface area contributed by atoms with Crippen molar-refractivity contribution in [2.75, 3.05) is 55.6 Å². The van der Waals surface area contributed by atoms with Gasteiger partial charge in [0.15, 0.2) is 0 Å². The number of halogens is 1. The predicted octanol–water partition coefficient (Wildman–Crippen LogP) is 3.60. The smallest absolute Gasteiger partial charge is 0.262 e. The van der Waals surface area contributed by atoms with Gasteiger partial charge in [-0.3, -0.25) is 44.1 Å². The molecule has 4 aromatic rings. The highest BCUT2D eigenvalue weighted by atomic mass is 19.1. The van der Waals surface area contributed by atoms with Gasteiger partial charge in [0.1, 0.15) is 23.7 Å². The van der Waals surface area contributed by atoms with Crippen molar-refractivity contribution in [1.29, 1.82) is 5.26 Å². The Kier molecular flexibility index (Phi) is 11.0. The van der Waals surface area contributed by atoms with Crippen LogP contribution in [-0.4, -0.2) is 118 Å². The Bertz CT molecular complexity index is 2440. The first kappa shape index (κ1) is 39.9. The molecule has 5 aliphatic rings. The lowest BCUT2D eigenvalue weighted by Crippen LogP contribution is -2.54. The van der Waals surface area contributed by atoms with Gasteiger partial charge in [0, 0.05) is 82.3 Å². The number of carbonyl (C=O) groups excluding carboxylic acids is 5. The molecule has 1 atom stereocenters. The first-order valence-corrected chi connectivity index (χ1v) is 21.0. The number of carbonyl (C=O) groups is 5. The summed E-state index contributed by atoms with van der Waals surface area (Å²) in [5.74, 6) is -1.56. The molecule has 17 heteroatoms. The number of amides is 5. The van der Waals surface area contributed by atoms with Gasteiger partial charge in [0.05, 0.1) is 39.6 Å². The molecule has 6 heterocycles. The summed E-state index contributed by atoms with van der Waals surface area (Å²) in [5.41, 5.74) is 1.81. The van der Waals surface area contributed by atoms with Gasteiger partial charge in [-0.25, -0.2) is 14.4 Å². The lowest BCUT2D eigenvalue weighted by molar-refractivity contribution is -0.136. The Morgan fingerprint density at radius 3 is 2.30 bits per heavy atom. The van der Waals surface area contributed by atoms with E-state index in [4.69, 9.17) is 4.74 Å². The minimum Gasteiger partial charge on any atom is -0.490 e. The molecule has 1 aliphatic carbocycles. The maximum absolute atomic E-state index is 15.4. The van der Waals surface area contributed by atoms with Gasteiger partial charge in [-0.2, -0.15) is 5.26 Å². The summed E-state index contributed by atoms with van der Waals surface area (Å²) in [6.07, 6.45) is 9.94. The molecule has 5 amide bonds. The Hall–Kier alpha value is -6.54. The highest BCUT2D eigenvalue weighted by molar-refractivity contribution is 6.23. The van der Waals surface area contributed by atoms with Crippen molar-refractivity contribution in [3.63, 3.8) is 0 Å². The van der Waals surface area contributed by atoms with E-state index in [1.807, 2.05) is 23.1 Å². The molecule has 2 aromatic carbocycles. The Morgan fingerprint density at radius 1 is 0.869 bits per heavy atom. The summed E-state index contributed by atoms with van der Waals surface area (Å²) in [5, 5.41) is 15.6. The van der Waals surface area contributed by atoms with Crippen molar-refractivity contribution in [2.24, 2.45) is 5.92 Å². The summed E-state index contributed by atoms with van der Waals surface area (Å²) in [6.45, 7) is 5.00. The van der Waals surface area contributed by atoms with Crippen LogP contribution in [0.3, 0.4) is 0 Å². The summed E-state index contributed by atoms with van der Waals surface area (Å²) >= 11 is 0. The number of piperidine rings is 2. The molecule has 16 nitrogen and oxygen atoms in total. The average Bonchev–Trinajstić information content (AvgIpc) is 3.51. The third-order valence-electron chi connectivity index (χ3n) is 12.7. The maximum Gasteiger partial charge on any atom is 0.262 e. The predicted molar refractivity (Wildman–Crippen MR) is 219 cm³/mol. The number of piperazine rings is 1. The minimum absolute atomic E-state index is 0.00148. The van der Waals surface area contributed by atoms with Crippen LogP contribution in [0.4, 0.5) is 16.0 Å². The van der Waals surface area contributed by atoms with E-state index in [2.05, 4.69) is 41.5 Å². The van der Waals surface area contributed by atoms with Gasteiger partial charge in [0.25, 0.3) is 17.7 Å². The molecule has 0 radical (unpaired) electrons. The van der Waals surface area contributed by atoms with Crippen molar-refractivity contribution >= 4 is 52.1 Å². The van der Waals surface area contributed by atoms with E-state index in [1.165, 1.54) is 6.07 Å².